The summed E-state index contributed by atoms with van der Waals surface area (Å²) in [5.74, 6) is 0.229. The van der Waals surface area contributed by atoms with Gasteiger partial charge in [0.15, 0.2) is 0 Å². The molecule has 0 spiro atoms. The molecule has 1 heterocycles. The van der Waals surface area contributed by atoms with Gasteiger partial charge in [-0.15, -0.1) is 0 Å². The van der Waals surface area contributed by atoms with Gasteiger partial charge in [-0.2, -0.15) is 0 Å². The molecule has 0 radical (unpaired) electrons. The zero-order chi connectivity index (χ0) is 13.5. The van der Waals surface area contributed by atoms with Crippen molar-refractivity contribution in [3.05, 3.63) is 23.7 Å². The fourth-order valence-electron chi connectivity index (χ4n) is 2.01. The van der Waals surface area contributed by atoms with Crippen LogP contribution in [-0.2, 0) is 4.74 Å². The molecular formula is C14H22O4. The molecule has 4 nitrogen and oxygen atoms in total. The highest BCUT2D eigenvalue weighted by atomic mass is 16.5. The van der Waals surface area contributed by atoms with Gasteiger partial charge in [-0.05, 0) is 24.5 Å². The molecule has 0 fully saturated rings. The minimum absolute atomic E-state index is 0.136. The van der Waals surface area contributed by atoms with Gasteiger partial charge in [-0.3, -0.25) is 0 Å². The molecule has 0 saturated heterocycles. The molecular weight excluding hydrogens is 232 g/mol. The zero-order valence-electron chi connectivity index (χ0n) is 11.3. The van der Waals surface area contributed by atoms with Crippen molar-refractivity contribution in [1.29, 1.82) is 0 Å². The number of ether oxygens (including phenoxy) is 1. The van der Waals surface area contributed by atoms with E-state index in [9.17, 15) is 9.90 Å². The number of aliphatic hydroxyl groups is 1. The van der Waals surface area contributed by atoms with Crippen LogP contribution in [0.2, 0.25) is 0 Å². The van der Waals surface area contributed by atoms with Crippen molar-refractivity contribution in [2.45, 2.75) is 45.6 Å². The molecule has 18 heavy (non-hydrogen) atoms. The third-order valence-electron chi connectivity index (χ3n) is 3.20. The van der Waals surface area contributed by atoms with E-state index < -0.39 is 12.1 Å². The maximum absolute atomic E-state index is 11.3. The van der Waals surface area contributed by atoms with Gasteiger partial charge in [0.05, 0.1) is 7.11 Å². The van der Waals surface area contributed by atoms with Crippen molar-refractivity contribution < 1.29 is 19.1 Å². The summed E-state index contributed by atoms with van der Waals surface area (Å²) in [6, 6.07) is 3.18. The Hall–Kier alpha value is -1.29. The van der Waals surface area contributed by atoms with Crippen molar-refractivity contribution in [3.8, 4) is 0 Å². The van der Waals surface area contributed by atoms with Crippen LogP contribution in [0.3, 0.4) is 0 Å². The molecule has 0 aliphatic heterocycles. The van der Waals surface area contributed by atoms with E-state index in [1.165, 1.54) is 13.2 Å². The van der Waals surface area contributed by atoms with E-state index in [2.05, 4.69) is 11.7 Å². The number of methoxy groups -OCH3 is 1. The van der Waals surface area contributed by atoms with E-state index >= 15 is 0 Å². The zero-order valence-corrected chi connectivity index (χ0v) is 11.3. The fourth-order valence-corrected chi connectivity index (χ4v) is 2.01. The first-order valence-corrected chi connectivity index (χ1v) is 6.50. The second-order valence-corrected chi connectivity index (χ2v) is 4.45. The van der Waals surface area contributed by atoms with Crippen LogP contribution in [-0.4, -0.2) is 18.2 Å². The highest BCUT2D eigenvalue weighted by Gasteiger charge is 2.23. The molecule has 1 aromatic heterocycles. The maximum Gasteiger partial charge on any atom is 0.373 e. The van der Waals surface area contributed by atoms with E-state index in [0.717, 1.165) is 25.7 Å². The minimum Gasteiger partial charge on any atom is -0.463 e. The molecule has 2 atom stereocenters. The van der Waals surface area contributed by atoms with Crippen molar-refractivity contribution in [2.75, 3.05) is 7.11 Å². The van der Waals surface area contributed by atoms with E-state index in [0.29, 0.717) is 5.76 Å². The van der Waals surface area contributed by atoms with Gasteiger partial charge in [0.1, 0.15) is 11.9 Å². The van der Waals surface area contributed by atoms with Crippen LogP contribution in [0.1, 0.15) is 61.9 Å². The number of unbranched alkanes of at least 4 members (excludes halogenated alkanes) is 1. The molecule has 102 valence electrons. The predicted molar refractivity (Wildman–Crippen MR) is 68.3 cm³/mol. The topological polar surface area (TPSA) is 59.7 Å². The summed E-state index contributed by atoms with van der Waals surface area (Å²) in [5, 5.41) is 10.2. The van der Waals surface area contributed by atoms with Crippen molar-refractivity contribution in [1.82, 2.24) is 0 Å². The van der Waals surface area contributed by atoms with E-state index in [1.807, 2.05) is 6.92 Å². The third-order valence-corrected chi connectivity index (χ3v) is 3.20. The number of aliphatic hydroxyl groups excluding tert-OH is 1. The quantitative estimate of drug-likeness (QED) is 0.758. The predicted octanol–water partition coefficient (Wildman–Crippen LogP) is 3.32. The minimum atomic E-state index is -0.653. The molecule has 1 rings (SSSR count). The summed E-state index contributed by atoms with van der Waals surface area (Å²) in [6.45, 7) is 4.18. The molecule has 0 aliphatic rings. The van der Waals surface area contributed by atoms with Gasteiger partial charge < -0.3 is 14.3 Å². The Morgan fingerprint density at radius 3 is 2.72 bits per heavy atom. The standard InChI is InChI=1S/C14H22O4/c1-4-6-7-10(5-2)13(15)11-8-9-12(18-11)14(16)17-3/h8-10,13,15H,4-7H2,1-3H3. The van der Waals surface area contributed by atoms with Crippen LogP contribution in [0.25, 0.3) is 0 Å². The number of carbonyl (C=O) groups excluding carboxylic acids is 1. The SMILES string of the molecule is CCCCC(CC)C(O)c1ccc(C(=O)OC)o1. The second-order valence-electron chi connectivity index (χ2n) is 4.45. The molecule has 0 bridgehead atoms. The summed E-state index contributed by atoms with van der Waals surface area (Å²) in [5.41, 5.74) is 0. The molecule has 0 aliphatic carbocycles. The van der Waals surface area contributed by atoms with Crippen LogP contribution in [0, 0.1) is 5.92 Å². The number of esters is 1. The molecule has 0 aromatic carbocycles. The number of furan rings is 1. The molecule has 0 saturated carbocycles. The smallest absolute Gasteiger partial charge is 0.373 e. The Balaban J connectivity index is 2.72. The average Bonchev–Trinajstić information content (AvgIpc) is 2.88. The van der Waals surface area contributed by atoms with Crippen molar-refractivity contribution in [2.24, 2.45) is 5.92 Å². The van der Waals surface area contributed by atoms with E-state index in [1.54, 1.807) is 6.07 Å². The number of rotatable bonds is 7. The lowest BCUT2D eigenvalue weighted by Gasteiger charge is -2.19. The van der Waals surface area contributed by atoms with E-state index in [4.69, 9.17) is 4.42 Å². The Bertz CT molecular complexity index is 370. The summed E-state index contributed by atoms with van der Waals surface area (Å²) in [6.07, 6.45) is 3.38. The van der Waals surface area contributed by atoms with Gasteiger partial charge in [0.25, 0.3) is 0 Å². The first-order chi connectivity index (χ1) is 8.63. The summed E-state index contributed by atoms with van der Waals surface area (Å²) < 4.78 is 9.90. The summed E-state index contributed by atoms with van der Waals surface area (Å²) >= 11 is 0. The Morgan fingerprint density at radius 1 is 1.44 bits per heavy atom. The molecule has 1 aromatic rings. The highest BCUT2D eigenvalue weighted by molar-refractivity contribution is 5.86. The van der Waals surface area contributed by atoms with Crippen LogP contribution in [0.15, 0.2) is 16.5 Å². The van der Waals surface area contributed by atoms with Crippen LogP contribution < -0.4 is 0 Å². The first-order valence-electron chi connectivity index (χ1n) is 6.50. The van der Waals surface area contributed by atoms with Crippen LogP contribution in [0.5, 0.6) is 0 Å². The number of hydrogen-bond donors (Lipinski definition) is 1. The van der Waals surface area contributed by atoms with Crippen LogP contribution in [0.4, 0.5) is 0 Å². The summed E-state index contributed by atoms with van der Waals surface area (Å²) in [4.78, 5) is 11.3. The van der Waals surface area contributed by atoms with Crippen molar-refractivity contribution >= 4 is 5.97 Å². The fraction of sp³-hybridized carbons (Fsp3) is 0.643. The Morgan fingerprint density at radius 2 is 2.17 bits per heavy atom. The second kappa shape index (κ2) is 7.21. The Labute approximate surface area is 108 Å². The molecule has 1 N–H and O–H groups in total. The number of carbonyl (C=O) groups is 1. The van der Waals surface area contributed by atoms with Gasteiger partial charge in [0.2, 0.25) is 5.76 Å². The molecule has 0 amide bonds. The third kappa shape index (κ3) is 3.60. The number of hydrogen-bond acceptors (Lipinski definition) is 4. The monoisotopic (exact) mass is 254 g/mol. The average molecular weight is 254 g/mol. The lowest BCUT2D eigenvalue weighted by atomic mass is 9.92. The van der Waals surface area contributed by atoms with Crippen molar-refractivity contribution in [3.63, 3.8) is 0 Å². The van der Waals surface area contributed by atoms with Crippen LogP contribution >= 0.6 is 0 Å². The maximum atomic E-state index is 11.3. The molecule has 4 heteroatoms. The first kappa shape index (κ1) is 14.8. The lowest BCUT2D eigenvalue weighted by Crippen LogP contribution is -2.11. The van der Waals surface area contributed by atoms with Gasteiger partial charge in [0, 0.05) is 0 Å². The van der Waals surface area contributed by atoms with Gasteiger partial charge in [-0.25, -0.2) is 4.79 Å². The van der Waals surface area contributed by atoms with Gasteiger partial charge >= 0.3 is 5.97 Å². The normalized spacial score (nSPS) is 14.2. The molecule has 2 unspecified atom stereocenters. The van der Waals surface area contributed by atoms with Gasteiger partial charge in [-0.1, -0.05) is 33.1 Å². The lowest BCUT2D eigenvalue weighted by molar-refractivity contribution is 0.0528. The highest BCUT2D eigenvalue weighted by Crippen LogP contribution is 2.30. The Kier molecular flexibility index (Phi) is 5.92. The summed E-state index contributed by atoms with van der Waals surface area (Å²) in [7, 11) is 1.30. The largest absolute Gasteiger partial charge is 0.463 e. The van der Waals surface area contributed by atoms with E-state index in [-0.39, 0.29) is 11.7 Å².